The number of H-pyrrole nitrogens is 1. The van der Waals surface area contributed by atoms with E-state index in [4.69, 9.17) is 0 Å². The quantitative estimate of drug-likeness (QED) is 0.909. The van der Waals surface area contributed by atoms with Gasteiger partial charge in [-0.2, -0.15) is 0 Å². The van der Waals surface area contributed by atoms with Crippen molar-refractivity contribution in [2.24, 2.45) is 5.41 Å². The van der Waals surface area contributed by atoms with Crippen LogP contribution in [0, 0.1) is 5.41 Å². The van der Waals surface area contributed by atoms with Crippen LogP contribution in [0.3, 0.4) is 0 Å². The van der Waals surface area contributed by atoms with Gasteiger partial charge in [0.25, 0.3) is 0 Å². The van der Waals surface area contributed by atoms with Gasteiger partial charge in [0.15, 0.2) is 11.5 Å². The summed E-state index contributed by atoms with van der Waals surface area (Å²) in [6.45, 7) is 2.89. The van der Waals surface area contributed by atoms with Crippen LogP contribution in [0.4, 0.5) is 5.82 Å². The monoisotopic (exact) mass is 326 g/mol. The topological polar surface area (TPSA) is 78.0 Å². The molecule has 4 heterocycles. The van der Waals surface area contributed by atoms with E-state index in [1.165, 1.54) is 19.3 Å². The summed E-state index contributed by atoms with van der Waals surface area (Å²) in [7, 11) is 0. The summed E-state index contributed by atoms with van der Waals surface area (Å²) in [5.41, 5.74) is 1.85. The average molecular weight is 326 g/mol. The maximum atomic E-state index is 12.3. The van der Waals surface area contributed by atoms with Crippen LogP contribution in [0.5, 0.6) is 0 Å². The number of anilines is 1. The summed E-state index contributed by atoms with van der Waals surface area (Å²) in [5.74, 6) is 1.31. The van der Waals surface area contributed by atoms with E-state index >= 15 is 0 Å². The minimum absolute atomic E-state index is 0.214. The minimum Gasteiger partial charge on any atom is -0.354 e. The largest absolute Gasteiger partial charge is 0.354 e. The minimum atomic E-state index is 0.214. The molecule has 1 spiro atoms. The predicted octanol–water partition coefficient (Wildman–Crippen LogP) is 1.72. The molecule has 1 atom stereocenters. The highest BCUT2D eigenvalue weighted by Gasteiger charge is 2.46. The number of imidazole rings is 1. The van der Waals surface area contributed by atoms with Crippen molar-refractivity contribution in [3.63, 3.8) is 0 Å². The lowest BCUT2D eigenvalue weighted by atomic mass is 9.73. The number of piperidine rings is 2. The van der Waals surface area contributed by atoms with Gasteiger partial charge in [0.05, 0.1) is 6.33 Å². The first-order chi connectivity index (χ1) is 11.7. The van der Waals surface area contributed by atoms with Crippen molar-refractivity contribution < 1.29 is 4.79 Å². The first-order valence-corrected chi connectivity index (χ1v) is 8.93. The highest BCUT2D eigenvalue weighted by Crippen LogP contribution is 2.43. The zero-order chi connectivity index (χ0) is 16.1. The number of aromatic amines is 1. The lowest BCUT2D eigenvalue weighted by Crippen LogP contribution is -2.54. The van der Waals surface area contributed by atoms with E-state index in [0.717, 1.165) is 49.5 Å². The normalized spacial score (nSPS) is 28.1. The fourth-order valence-corrected chi connectivity index (χ4v) is 4.48. The molecular formula is C17H22N6O. The molecule has 1 saturated carbocycles. The van der Waals surface area contributed by atoms with Crippen LogP contribution < -0.4 is 4.90 Å². The van der Waals surface area contributed by atoms with Gasteiger partial charge in [0, 0.05) is 37.5 Å². The third-order valence-electron chi connectivity index (χ3n) is 5.85. The van der Waals surface area contributed by atoms with Crippen LogP contribution >= 0.6 is 0 Å². The molecule has 2 aromatic heterocycles. The Morgan fingerprint density at radius 3 is 2.96 bits per heavy atom. The number of hydrogen-bond acceptors (Lipinski definition) is 5. The number of rotatable bonds is 2. The van der Waals surface area contributed by atoms with Crippen LogP contribution in [0.1, 0.15) is 38.5 Å². The predicted molar refractivity (Wildman–Crippen MR) is 89.5 cm³/mol. The van der Waals surface area contributed by atoms with Gasteiger partial charge in [0.2, 0.25) is 5.91 Å². The Morgan fingerprint density at radius 1 is 1.17 bits per heavy atom. The van der Waals surface area contributed by atoms with Crippen LogP contribution in [0.2, 0.25) is 0 Å². The van der Waals surface area contributed by atoms with E-state index in [1.54, 1.807) is 12.7 Å². The number of carbonyl (C=O) groups excluding carboxylic acids is 1. The van der Waals surface area contributed by atoms with E-state index in [-0.39, 0.29) is 5.41 Å². The third kappa shape index (κ3) is 2.25. The highest BCUT2D eigenvalue weighted by atomic mass is 16.2. The maximum Gasteiger partial charge on any atom is 0.222 e. The molecule has 2 aromatic rings. The standard InChI is InChI=1S/C17H22N6O/c24-13-4-6-17(9-23(13)12-2-3-12)5-1-7-22(8-17)16-14-15(19-10-18-14)20-11-21-16/h10-12H,1-9H2,(H,18,19,20,21). The molecule has 3 fully saturated rings. The molecule has 3 aliphatic rings. The number of hydrogen-bond donors (Lipinski definition) is 1. The number of carbonyl (C=O) groups is 1. The molecule has 24 heavy (non-hydrogen) atoms. The van der Waals surface area contributed by atoms with E-state index in [9.17, 15) is 4.79 Å². The molecule has 2 aliphatic heterocycles. The number of nitrogens with one attached hydrogen (secondary N) is 1. The van der Waals surface area contributed by atoms with E-state index < -0.39 is 0 Å². The maximum absolute atomic E-state index is 12.3. The van der Waals surface area contributed by atoms with Gasteiger partial charge < -0.3 is 14.8 Å². The molecule has 1 unspecified atom stereocenters. The summed E-state index contributed by atoms with van der Waals surface area (Å²) in [4.78, 5) is 33.0. The van der Waals surface area contributed by atoms with Gasteiger partial charge in [-0.25, -0.2) is 15.0 Å². The summed E-state index contributed by atoms with van der Waals surface area (Å²) in [5, 5.41) is 0. The van der Waals surface area contributed by atoms with Crippen molar-refractivity contribution in [3.05, 3.63) is 12.7 Å². The molecule has 1 amide bonds. The van der Waals surface area contributed by atoms with Crippen molar-refractivity contribution in [1.82, 2.24) is 24.8 Å². The number of aromatic nitrogens is 4. The molecule has 5 rings (SSSR count). The Hall–Kier alpha value is -2.18. The Kier molecular flexibility index (Phi) is 3.05. The third-order valence-corrected chi connectivity index (χ3v) is 5.85. The van der Waals surface area contributed by atoms with Gasteiger partial charge in [0.1, 0.15) is 11.8 Å². The molecular weight excluding hydrogens is 304 g/mol. The molecule has 1 N–H and O–H groups in total. The van der Waals surface area contributed by atoms with Gasteiger partial charge in [-0.05, 0) is 32.1 Å². The second-order valence-corrected chi connectivity index (χ2v) is 7.58. The Bertz CT molecular complexity index is 784. The van der Waals surface area contributed by atoms with Gasteiger partial charge in [-0.3, -0.25) is 4.79 Å². The average Bonchev–Trinajstić information content (AvgIpc) is 3.33. The fraction of sp³-hybridized carbons (Fsp3) is 0.647. The molecule has 0 radical (unpaired) electrons. The van der Waals surface area contributed by atoms with Gasteiger partial charge in [-0.15, -0.1) is 0 Å². The fourth-order valence-electron chi connectivity index (χ4n) is 4.48. The number of likely N-dealkylation sites (tertiary alicyclic amines) is 1. The highest BCUT2D eigenvalue weighted by molar-refractivity contribution is 5.83. The van der Waals surface area contributed by atoms with E-state index in [0.29, 0.717) is 18.4 Å². The Balaban J connectivity index is 1.43. The van der Waals surface area contributed by atoms with E-state index in [2.05, 4.69) is 29.7 Å². The molecule has 2 saturated heterocycles. The molecule has 7 nitrogen and oxygen atoms in total. The number of fused-ring (bicyclic) bond motifs is 1. The lowest BCUT2D eigenvalue weighted by Gasteiger charge is -2.48. The number of amides is 1. The first kappa shape index (κ1) is 14.2. The summed E-state index contributed by atoms with van der Waals surface area (Å²) < 4.78 is 0. The molecule has 0 bridgehead atoms. The van der Waals surface area contributed by atoms with Crippen LogP contribution in [-0.4, -0.2) is 56.4 Å². The molecule has 126 valence electrons. The summed E-state index contributed by atoms with van der Waals surface area (Å²) in [6.07, 6.45) is 9.70. The van der Waals surface area contributed by atoms with Gasteiger partial charge in [-0.1, -0.05) is 0 Å². The first-order valence-electron chi connectivity index (χ1n) is 8.93. The van der Waals surface area contributed by atoms with Crippen molar-refractivity contribution in [3.8, 4) is 0 Å². The van der Waals surface area contributed by atoms with Crippen LogP contribution in [-0.2, 0) is 4.79 Å². The molecule has 0 aromatic carbocycles. The lowest BCUT2D eigenvalue weighted by molar-refractivity contribution is -0.138. The summed E-state index contributed by atoms with van der Waals surface area (Å²) in [6, 6.07) is 0.517. The van der Waals surface area contributed by atoms with Crippen LogP contribution in [0.15, 0.2) is 12.7 Å². The Morgan fingerprint density at radius 2 is 2.08 bits per heavy atom. The van der Waals surface area contributed by atoms with Crippen molar-refractivity contribution in [1.29, 1.82) is 0 Å². The Labute approximate surface area is 140 Å². The van der Waals surface area contributed by atoms with Crippen molar-refractivity contribution in [2.45, 2.75) is 44.6 Å². The summed E-state index contributed by atoms with van der Waals surface area (Å²) >= 11 is 0. The van der Waals surface area contributed by atoms with E-state index in [1.807, 2.05) is 0 Å². The van der Waals surface area contributed by atoms with Crippen molar-refractivity contribution >= 4 is 22.9 Å². The zero-order valence-electron chi connectivity index (χ0n) is 13.7. The second kappa shape index (κ2) is 5.16. The smallest absolute Gasteiger partial charge is 0.222 e. The SMILES string of the molecule is O=C1CCC2(CCCN(c3ncnc4nc[nH]c34)C2)CN1C1CC1. The van der Waals surface area contributed by atoms with Crippen LogP contribution in [0.25, 0.3) is 11.2 Å². The van der Waals surface area contributed by atoms with Crippen molar-refractivity contribution in [2.75, 3.05) is 24.5 Å². The number of nitrogens with zero attached hydrogens (tertiary/aromatic N) is 5. The second-order valence-electron chi connectivity index (χ2n) is 7.58. The van der Waals surface area contributed by atoms with Gasteiger partial charge >= 0.3 is 0 Å². The molecule has 7 heteroatoms. The molecule has 1 aliphatic carbocycles. The zero-order valence-corrected chi connectivity index (χ0v) is 13.7.